The molecule has 0 saturated heterocycles. The molecule has 0 aliphatic rings. The van der Waals surface area contributed by atoms with Gasteiger partial charge < -0.3 is 20.1 Å². The second kappa shape index (κ2) is 15.1. The molecule has 3 aromatic rings. The lowest BCUT2D eigenvalue weighted by Crippen LogP contribution is -2.34. The number of aliphatic imine (C=N–C) groups is 1. The first-order valence-corrected chi connectivity index (χ1v) is 12.9. The van der Waals surface area contributed by atoms with E-state index >= 15 is 0 Å². The number of amides is 1. The van der Waals surface area contributed by atoms with Crippen molar-refractivity contribution in [3.8, 4) is 6.19 Å². The first kappa shape index (κ1) is 28.3. The Morgan fingerprint density at radius 3 is 2.53 bits per heavy atom. The van der Waals surface area contributed by atoms with Crippen LogP contribution in [-0.4, -0.2) is 60.0 Å². The molecule has 10 nitrogen and oxygen atoms in total. The monoisotopic (exact) mass is 516 g/mol. The lowest BCUT2D eigenvalue weighted by Gasteiger charge is -2.12. The van der Waals surface area contributed by atoms with E-state index in [0.29, 0.717) is 36.8 Å². The fraction of sp³-hybridized carbons (Fsp3) is 0.393. The number of nitrogens with one attached hydrogen (secondary N) is 3. The number of benzene rings is 1. The van der Waals surface area contributed by atoms with Gasteiger partial charge in [0.2, 0.25) is 5.96 Å². The summed E-state index contributed by atoms with van der Waals surface area (Å²) in [6, 6.07) is 12.4. The maximum Gasteiger partial charge on any atom is 0.251 e. The van der Waals surface area contributed by atoms with Crippen LogP contribution in [0.1, 0.15) is 42.5 Å². The van der Waals surface area contributed by atoms with E-state index in [1.54, 1.807) is 47.3 Å². The summed E-state index contributed by atoms with van der Waals surface area (Å²) in [4.78, 5) is 35.5. The van der Waals surface area contributed by atoms with Crippen LogP contribution in [0.25, 0.3) is 10.9 Å². The predicted octanol–water partition coefficient (Wildman–Crippen LogP) is 2.99. The Morgan fingerprint density at radius 2 is 1.76 bits per heavy atom. The van der Waals surface area contributed by atoms with Crippen molar-refractivity contribution in [2.24, 2.45) is 4.99 Å². The van der Waals surface area contributed by atoms with Crippen LogP contribution in [-0.2, 0) is 6.54 Å². The first-order valence-electron chi connectivity index (χ1n) is 12.9. The summed E-state index contributed by atoms with van der Waals surface area (Å²) in [6.07, 6.45) is 9.78. The predicted molar refractivity (Wildman–Crippen MR) is 150 cm³/mol. The second-order valence-electron chi connectivity index (χ2n) is 9.25. The molecule has 3 rings (SSSR count). The largest absolute Gasteiger partial charge is 0.355 e. The Labute approximate surface area is 223 Å². The molecule has 0 radical (unpaired) electrons. The van der Waals surface area contributed by atoms with Gasteiger partial charge in [0.1, 0.15) is 0 Å². The van der Waals surface area contributed by atoms with Gasteiger partial charge in [-0.3, -0.25) is 19.9 Å². The van der Waals surface area contributed by atoms with Gasteiger partial charge in [0.25, 0.3) is 11.5 Å². The number of carbonyl (C=O) groups excluding carboxylic acids is 1. The quantitative estimate of drug-likeness (QED) is 0.105. The first-order chi connectivity index (χ1) is 18.5. The highest BCUT2D eigenvalue weighted by Gasteiger charge is 2.09. The summed E-state index contributed by atoms with van der Waals surface area (Å²) >= 11 is 0. The number of rotatable bonds is 13. The van der Waals surface area contributed by atoms with Gasteiger partial charge in [0, 0.05) is 43.7 Å². The van der Waals surface area contributed by atoms with Gasteiger partial charge >= 0.3 is 0 Å². The van der Waals surface area contributed by atoms with Crippen molar-refractivity contribution in [3.05, 3.63) is 70.8 Å². The van der Waals surface area contributed by atoms with Crippen LogP contribution < -0.4 is 21.5 Å². The molecular formula is C28H36N8O2. The molecule has 0 aliphatic carbocycles. The molecule has 0 aliphatic heterocycles. The Kier molecular flexibility index (Phi) is 11.3. The lowest BCUT2D eigenvalue weighted by molar-refractivity contribution is 0.0952. The zero-order valence-corrected chi connectivity index (χ0v) is 22.1. The standard InChI is InChI=1S/C28H36N8O2/c1-35(2)18-7-15-31-27(38)23-8-10-25-22(20-23)9-11-26(37)36(25)19-6-4-3-5-14-32-28(33-21-29)34-24-12-16-30-17-13-24/h8-13,16-17,20H,3-7,14-15,18-19H2,1-2H3,(H,31,38)(H2,30,32,33,34). The third-order valence-corrected chi connectivity index (χ3v) is 6.00. The van der Waals surface area contributed by atoms with Gasteiger partial charge in [-0.2, -0.15) is 5.26 Å². The van der Waals surface area contributed by atoms with Gasteiger partial charge in [-0.15, -0.1) is 0 Å². The smallest absolute Gasteiger partial charge is 0.251 e. The molecule has 200 valence electrons. The summed E-state index contributed by atoms with van der Waals surface area (Å²) in [5, 5.41) is 18.5. The van der Waals surface area contributed by atoms with Gasteiger partial charge in [-0.1, -0.05) is 12.8 Å². The van der Waals surface area contributed by atoms with E-state index in [9.17, 15) is 9.59 Å². The molecule has 2 aromatic heterocycles. The SMILES string of the molecule is CN(C)CCCNC(=O)c1ccc2c(ccc(=O)n2CCCCCCN/C(=N\c2ccncc2)NC#N)c1. The minimum Gasteiger partial charge on any atom is -0.355 e. The van der Waals surface area contributed by atoms with E-state index in [0.717, 1.165) is 49.6 Å². The molecule has 0 spiro atoms. The van der Waals surface area contributed by atoms with Gasteiger partial charge in [0.05, 0.1) is 11.2 Å². The van der Waals surface area contributed by atoms with Gasteiger partial charge in [-0.05, 0) is 81.7 Å². The van der Waals surface area contributed by atoms with Crippen molar-refractivity contribution in [1.29, 1.82) is 5.26 Å². The summed E-state index contributed by atoms with van der Waals surface area (Å²) in [5.41, 5.74) is 2.10. The third kappa shape index (κ3) is 9.01. The highest BCUT2D eigenvalue weighted by atomic mass is 16.1. The highest BCUT2D eigenvalue weighted by Crippen LogP contribution is 2.16. The Bertz CT molecular complexity index is 1310. The van der Waals surface area contributed by atoms with Gasteiger partial charge in [-0.25, -0.2) is 4.99 Å². The summed E-state index contributed by atoms with van der Waals surface area (Å²) in [6.45, 7) is 2.83. The van der Waals surface area contributed by atoms with Crippen LogP contribution in [0, 0.1) is 11.5 Å². The van der Waals surface area contributed by atoms with Crippen molar-refractivity contribution in [2.45, 2.75) is 38.6 Å². The van der Waals surface area contributed by atoms with E-state index in [1.807, 2.05) is 32.4 Å². The number of aryl methyl sites for hydroxylation is 1. The summed E-state index contributed by atoms with van der Waals surface area (Å²) in [7, 11) is 4.02. The minimum atomic E-state index is -0.101. The fourth-order valence-electron chi connectivity index (χ4n) is 4.04. The molecule has 38 heavy (non-hydrogen) atoms. The van der Waals surface area contributed by atoms with E-state index in [4.69, 9.17) is 5.26 Å². The second-order valence-corrected chi connectivity index (χ2v) is 9.25. The average molecular weight is 517 g/mol. The molecule has 0 fully saturated rings. The van der Waals surface area contributed by atoms with Crippen LogP contribution in [0.3, 0.4) is 0 Å². The van der Waals surface area contributed by atoms with E-state index < -0.39 is 0 Å². The number of nitriles is 1. The normalized spacial score (nSPS) is 11.4. The highest BCUT2D eigenvalue weighted by molar-refractivity contribution is 5.98. The van der Waals surface area contributed by atoms with Crippen LogP contribution in [0.4, 0.5) is 5.69 Å². The number of unbranched alkanes of at least 4 members (excludes halogenated alkanes) is 3. The van der Waals surface area contributed by atoms with E-state index in [1.165, 1.54) is 0 Å². The minimum absolute atomic E-state index is 0.0420. The topological polar surface area (TPSA) is 127 Å². The molecule has 0 bridgehead atoms. The van der Waals surface area contributed by atoms with Crippen molar-refractivity contribution in [1.82, 2.24) is 30.4 Å². The number of aromatic nitrogens is 2. The van der Waals surface area contributed by atoms with Crippen molar-refractivity contribution < 1.29 is 4.79 Å². The molecule has 0 unspecified atom stereocenters. The lowest BCUT2D eigenvalue weighted by atomic mass is 10.1. The number of fused-ring (bicyclic) bond motifs is 1. The maximum atomic E-state index is 12.6. The number of hydrogen-bond acceptors (Lipinski definition) is 6. The number of guanidine groups is 1. The van der Waals surface area contributed by atoms with Gasteiger partial charge in [0.15, 0.2) is 6.19 Å². The maximum absolute atomic E-state index is 12.6. The molecule has 0 saturated carbocycles. The molecule has 1 aromatic carbocycles. The molecule has 1 amide bonds. The molecular weight excluding hydrogens is 480 g/mol. The number of carbonyl (C=O) groups is 1. The average Bonchev–Trinajstić information content (AvgIpc) is 2.91. The number of nitrogens with zero attached hydrogens (tertiary/aromatic N) is 5. The van der Waals surface area contributed by atoms with Crippen LogP contribution in [0.15, 0.2) is 64.6 Å². The summed E-state index contributed by atoms with van der Waals surface area (Å²) in [5.74, 6) is 0.304. The molecule has 2 heterocycles. The zero-order valence-electron chi connectivity index (χ0n) is 22.1. The van der Waals surface area contributed by atoms with E-state index in [2.05, 4.69) is 30.8 Å². The van der Waals surface area contributed by atoms with E-state index in [-0.39, 0.29) is 11.5 Å². The molecule has 10 heteroatoms. The Balaban J connectivity index is 1.47. The van der Waals surface area contributed by atoms with Crippen molar-refractivity contribution in [3.63, 3.8) is 0 Å². The molecule has 3 N–H and O–H groups in total. The fourth-order valence-corrected chi connectivity index (χ4v) is 4.04. The van der Waals surface area contributed by atoms with Crippen LogP contribution in [0.2, 0.25) is 0 Å². The van der Waals surface area contributed by atoms with Crippen molar-refractivity contribution >= 4 is 28.5 Å². The van der Waals surface area contributed by atoms with Crippen LogP contribution in [0.5, 0.6) is 0 Å². The summed E-state index contributed by atoms with van der Waals surface area (Å²) < 4.78 is 1.78. The number of hydrogen-bond donors (Lipinski definition) is 3. The third-order valence-electron chi connectivity index (χ3n) is 6.00. The molecule has 0 atom stereocenters. The Morgan fingerprint density at radius 1 is 1.00 bits per heavy atom. The zero-order chi connectivity index (χ0) is 27.2. The Hall–Kier alpha value is -4.23. The number of pyridine rings is 2. The van der Waals surface area contributed by atoms with Crippen molar-refractivity contribution in [2.75, 3.05) is 33.7 Å². The van der Waals surface area contributed by atoms with Crippen LogP contribution >= 0.6 is 0 Å².